The van der Waals surface area contributed by atoms with Gasteiger partial charge in [-0.25, -0.2) is 9.97 Å². The van der Waals surface area contributed by atoms with Crippen molar-refractivity contribution >= 4 is 11.7 Å². The molecular formula is C9H14N4O. The molecule has 0 aromatic carbocycles. The number of hydrogen-bond acceptors (Lipinski definition) is 4. The molecule has 1 aromatic rings. The number of nitrogens with zero attached hydrogens (tertiary/aromatic N) is 2. The highest BCUT2D eigenvalue weighted by atomic mass is 16.2. The van der Waals surface area contributed by atoms with Crippen LogP contribution in [0, 0.1) is 6.92 Å². The van der Waals surface area contributed by atoms with Crippen LogP contribution in [-0.2, 0) is 4.79 Å². The minimum atomic E-state index is -0.904. The summed E-state index contributed by atoms with van der Waals surface area (Å²) in [6, 6.07) is 1.68. The fourth-order valence-electron chi connectivity index (χ4n) is 0.800. The minimum Gasteiger partial charge on any atom is -0.318 e. The standard InChI is InChI=1S/C9H14N4O/c1-6-4-7(12-5-11-6)13-8(14)9(2,3)10/h4-5H,10H2,1-3H3,(H,11,12,13,14). The Morgan fingerprint density at radius 3 is 2.64 bits per heavy atom. The van der Waals surface area contributed by atoms with Gasteiger partial charge in [-0.1, -0.05) is 0 Å². The lowest BCUT2D eigenvalue weighted by atomic mass is 10.1. The van der Waals surface area contributed by atoms with E-state index in [1.165, 1.54) is 6.33 Å². The molecule has 0 aliphatic heterocycles. The van der Waals surface area contributed by atoms with Crippen LogP contribution in [0.2, 0.25) is 0 Å². The molecule has 14 heavy (non-hydrogen) atoms. The molecule has 0 saturated carbocycles. The quantitative estimate of drug-likeness (QED) is 0.716. The zero-order valence-corrected chi connectivity index (χ0v) is 8.53. The molecule has 0 radical (unpaired) electrons. The summed E-state index contributed by atoms with van der Waals surface area (Å²) in [5, 5.41) is 2.61. The number of nitrogens with one attached hydrogen (secondary N) is 1. The number of hydrogen-bond donors (Lipinski definition) is 2. The predicted octanol–water partition coefficient (Wildman–Crippen LogP) is 0.461. The van der Waals surface area contributed by atoms with E-state index in [1.807, 2.05) is 6.92 Å². The topological polar surface area (TPSA) is 80.9 Å². The maximum Gasteiger partial charge on any atom is 0.245 e. The van der Waals surface area contributed by atoms with Crippen LogP contribution in [0.25, 0.3) is 0 Å². The van der Waals surface area contributed by atoms with Crippen molar-refractivity contribution in [3.05, 3.63) is 18.1 Å². The number of amides is 1. The molecule has 0 saturated heterocycles. The molecule has 1 heterocycles. The Morgan fingerprint density at radius 2 is 2.14 bits per heavy atom. The summed E-state index contributed by atoms with van der Waals surface area (Å²) >= 11 is 0. The number of carbonyl (C=O) groups excluding carboxylic acids is 1. The Bertz CT molecular complexity index is 343. The van der Waals surface area contributed by atoms with Crippen molar-refractivity contribution in [3.63, 3.8) is 0 Å². The van der Waals surface area contributed by atoms with Gasteiger partial charge >= 0.3 is 0 Å². The smallest absolute Gasteiger partial charge is 0.245 e. The van der Waals surface area contributed by atoms with E-state index in [1.54, 1.807) is 19.9 Å². The summed E-state index contributed by atoms with van der Waals surface area (Å²) in [5.74, 6) is 0.205. The average Bonchev–Trinajstić information content (AvgIpc) is 2.02. The number of carbonyl (C=O) groups is 1. The third-order valence-electron chi connectivity index (χ3n) is 1.63. The fraction of sp³-hybridized carbons (Fsp3) is 0.444. The van der Waals surface area contributed by atoms with Crippen LogP contribution in [0.4, 0.5) is 5.82 Å². The highest BCUT2D eigenvalue weighted by molar-refractivity contribution is 5.96. The highest BCUT2D eigenvalue weighted by Crippen LogP contribution is 2.06. The number of rotatable bonds is 2. The summed E-state index contributed by atoms with van der Waals surface area (Å²) in [7, 11) is 0. The van der Waals surface area contributed by atoms with Gasteiger partial charge in [-0.3, -0.25) is 4.79 Å². The molecule has 5 nitrogen and oxygen atoms in total. The van der Waals surface area contributed by atoms with E-state index in [-0.39, 0.29) is 5.91 Å². The van der Waals surface area contributed by atoms with Crippen LogP contribution in [0.5, 0.6) is 0 Å². The molecule has 0 aliphatic rings. The molecule has 1 amide bonds. The van der Waals surface area contributed by atoms with E-state index in [2.05, 4.69) is 15.3 Å². The maximum atomic E-state index is 11.4. The lowest BCUT2D eigenvalue weighted by Crippen LogP contribution is -2.45. The summed E-state index contributed by atoms with van der Waals surface area (Å²) in [5.41, 5.74) is 5.50. The number of nitrogens with two attached hydrogens (primary N) is 1. The number of anilines is 1. The number of aromatic nitrogens is 2. The van der Waals surface area contributed by atoms with E-state index in [9.17, 15) is 4.79 Å². The van der Waals surface area contributed by atoms with Gasteiger partial charge in [0, 0.05) is 11.8 Å². The fourth-order valence-corrected chi connectivity index (χ4v) is 0.800. The van der Waals surface area contributed by atoms with Gasteiger partial charge in [-0.05, 0) is 20.8 Å². The van der Waals surface area contributed by atoms with Gasteiger partial charge in [0.05, 0.1) is 5.54 Å². The van der Waals surface area contributed by atoms with E-state index >= 15 is 0 Å². The molecule has 76 valence electrons. The van der Waals surface area contributed by atoms with Crippen molar-refractivity contribution in [1.82, 2.24) is 9.97 Å². The first-order valence-corrected chi connectivity index (χ1v) is 4.28. The van der Waals surface area contributed by atoms with Crippen molar-refractivity contribution < 1.29 is 4.79 Å². The van der Waals surface area contributed by atoms with E-state index in [0.717, 1.165) is 5.69 Å². The van der Waals surface area contributed by atoms with Crippen LogP contribution >= 0.6 is 0 Å². The van der Waals surface area contributed by atoms with Gasteiger partial charge in [0.15, 0.2) is 0 Å². The molecule has 5 heteroatoms. The lowest BCUT2D eigenvalue weighted by Gasteiger charge is -2.17. The zero-order valence-electron chi connectivity index (χ0n) is 8.53. The third-order valence-corrected chi connectivity index (χ3v) is 1.63. The molecule has 0 atom stereocenters. The molecule has 0 spiro atoms. The molecule has 0 unspecified atom stereocenters. The molecule has 1 aromatic heterocycles. The van der Waals surface area contributed by atoms with Crippen molar-refractivity contribution in [3.8, 4) is 0 Å². The van der Waals surface area contributed by atoms with Crippen molar-refractivity contribution in [2.24, 2.45) is 5.73 Å². The van der Waals surface area contributed by atoms with Gasteiger partial charge < -0.3 is 11.1 Å². The molecule has 0 fully saturated rings. The second kappa shape index (κ2) is 3.71. The molecule has 3 N–H and O–H groups in total. The predicted molar refractivity (Wildman–Crippen MR) is 53.7 cm³/mol. The average molecular weight is 194 g/mol. The van der Waals surface area contributed by atoms with Crippen LogP contribution in [-0.4, -0.2) is 21.4 Å². The summed E-state index contributed by atoms with van der Waals surface area (Å²) in [6.45, 7) is 5.09. The van der Waals surface area contributed by atoms with Crippen LogP contribution in [0.15, 0.2) is 12.4 Å². The second-order valence-corrected chi connectivity index (χ2v) is 3.72. The SMILES string of the molecule is Cc1cc(NC(=O)C(C)(C)N)ncn1. The van der Waals surface area contributed by atoms with Crippen LogP contribution < -0.4 is 11.1 Å². The van der Waals surface area contributed by atoms with E-state index < -0.39 is 5.54 Å². The minimum absolute atomic E-state index is 0.268. The molecule has 1 rings (SSSR count). The Kier molecular flexibility index (Phi) is 2.81. The largest absolute Gasteiger partial charge is 0.318 e. The molecule has 0 bridgehead atoms. The van der Waals surface area contributed by atoms with Crippen molar-refractivity contribution in [1.29, 1.82) is 0 Å². The Morgan fingerprint density at radius 1 is 1.50 bits per heavy atom. The Hall–Kier alpha value is -1.49. The van der Waals surface area contributed by atoms with Gasteiger partial charge in [0.25, 0.3) is 0 Å². The summed E-state index contributed by atoms with van der Waals surface area (Å²) < 4.78 is 0. The van der Waals surface area contributed by atoms with Crippen LogP contribution in [0.1, 0.15) is 19.5 Å². The first kappa shape index (κ1) is 10.6. The zero-order chi connectivity index (χ0) is 10.8. The van der Waals surface area contributed by atoms with Crippen LogP contribution in [0.3, 0.4) is 0 Å². The summed E-state index contributed by atoms with van der Waals surface area (Å²) in [6.07, 6.45) is 1.40. The first-order chi connectivity index (χ1) is 6.39. The second-order valence-electron chi connectivity index (χ2n) is 3.72. The molecule has 0 aliphatic carbocycles. The van der Waals surface area contributed by atoms with Gasteiger partial charge in [0.1, 0.15) is 12.1 Å². The van der Waals surface area contributed by atoms with Crippen molar-refractivity contribution in [2.75, 3.05) is 5.32 Å². The Balaban J connectivity index is 2.75. The molecular weight excluding hydrogens is 180 g/mol. The van der Waals surface area contributed by atoms with E-state index in [4.69, 9.17) is 5.73 Å². The number of aryl methyl sites for hydroxylation is 1. The lowest BCUT2D eigenvalue weighted by molar-refractivity contribution is -0.120. The normalized spacial score (nSPS) is 11.1. The summed E-state index contributed by atoms with van der Waals surface area (Å²) in [4.78, 5) is 19.3. The van der Waals surface area contributed by atoms with Gasteiger partial charge in [0.2, 0.25) is 5.91 Å². The monoisotopic (exact) mass is 194 g/mol. The van der Waals surface area contributed by atoms with E-state index in [0.29, 0.717) is 5.82 Å². The Labute approximate surface area is 82.7 Å². The van der Waals surface area contributed by atoms with Gasteiger partial charge in [-0.15, -0.1) is 0 Å². The van der Waals surface area contributed by atoms with Crippen molar-refractivity contribution in [2.45, 2.75) is 26.3 Å². The maximum absolute atomic E-state index is 11.4. The third kappa shape index (κ3) is 2.77. The first-order valence-electron chi connectivity index (χ1n) is 4.28. The van der Waals surface area contributed by atoms with Gasteiger partial charge in [-0.2, -0.15) is 0 Å². The highest BCUT2D eigenvalue weighted by Gasteiger charge is 2.21.